The molecule has 0 spiro atoms. The molecule has 11 aromatic rings. The highest BCUT2D eigenvalue weighted by molar-refractivity contribution is 6.27. The van der Waals surface area contributed by atoms with Crippen molar-refractivity contribution in [2.45, 2.75) is 19.3 Å². The van der Waals surface area contributed by atoms with Gasteiger partial charge in [-0.05, 0) is 138 Å². The highest BCUT2D eigenvalue weighted by atomic mass is 14.4. The van der Waals surface area contributed by atoms with E-state index in [9.17, 15) is 0 Å². The Morgan fingerprint density at radius 1 is 0.281 bits per heavy atom. The number of rotatable bonds is 3. The van der Waals surface area contributed by atoms with Gasteiger partial charge in [-0.2, -0.15) is 0 Å². The van der Waals surface area contributed by atoms with E-state index in [1.54, 1.807) is 0 Å². The Morgan fingerprint density at radius 2 is 0.737 bits per heavy atom. The normalized spacial score (nSPS) is 13.2. The van der Waals surface area contributed by atoms with Crippen molar-refractivity contribution in [3.63, 3.8) is 0 Å². The van der Waals surface area contributed by atoms with E-state index in [2.05, 4.69) is 208 Å². The van der Waals surface area contributed by atoms with Crippen LogP contribution in [0.25, 0.3) is 109 Å². The summed E-state index contributed by atoms with van der Waals surface area (Å²) in [6.07, 6.45) is 0. The molecule has 0 nitrogen and oxygen atoms in total. The summed E-state index contributed by atoms with van der Waals surface area (Å²) in [5.74, 6) is 0. The number of hydrogen-bond donors (Lipinski definition) is 0. The monoisotopic (exact) mass is 722 g/mol. The minimum Gasteiger partial charge on any atom is -0.0616 e. The van der Waals surface area contributed by atoms with Gasteiger partial charge in [0.15, 0.2) is 0 Å². The Bertz CT molecular complexity index is 3430. The zero-order chi connectivity index (χ0) is 37.8. The summed E-state index contributed by atoms with van der Waals surface area (Å²) in [6, 6.07) is 72.5. The summed E-state index contributed by atoms with van der Waals surface area (Å²) in [6.45, 7) is 4.89. The third kappa shape index (κ3) is 4.56. The number of benzene rings is 11. The zero-order valence-corrected chi connectivity index (χ0v) is 32.0. The Balaban J connectivity index is 1.15. The molecule has 0 N–H and O–H groups in total. The summed E-state index contributed by atoms with van der Waals surface area (Å²) in [5, 5.41) is 15.6. The first-order valence-electron chi connectivity index (χ1n) is 20.1. The Kier molecular flexibility index (Phi) is 6.78. The van der Waals surface area contributed by atoms with Crippen molar-refractivity contribution in [1.82, 2.24) is 0 Å². The lowest BCUT2D eigenvalue weighted by molar-refractivity contribution is 0.667. The smallest absolute Gasteiger partial charge is 0.0165 e. The predicted octanol–water partition coefficient (Wildman–Crippen LogP) is 15.9. The molecule has 0 amide bonds. The molecular formula is C57H38. The van der Waals surface area contributed by atoms with Crippen LogP contribution < -0.4 is 0 Å². The van der Waals surface area contributed by atoms with E-state index in [1.165, 1.54) is 120 Å². The van der Waals surface area contributed by atoms with Crippen LogP contribution in [0.2, 0.25) is 0 Å². The van der Waals surface area contributed by atoms with Gasteiger partial charge in [0, 0.05) is 5.41 Å². The minimum atomic E-state index is -0.220. The minimum absolute atomic E-state index is 0.220. The van der Waals surface area contributed by atoms with Gasteiger partial charge in [0.2, 0.25) is 0 Å². The molecule has 0 saturated heterocycles. The van der Waals surface area contributed by atoms with E-state index < -0.39 is 0 Å². The van der Waals surface area contributed by atoms with Gasteiger partial charge < -0.3 is 0 Å². The summed E-state index contributed by atoms with van der Waals surface area (Å²) in [5.41, 5.74) is 12.9. The Morgan fingerprint density at radius 3 is 1.39 bits per heavy atom. The van der Waals surface area contributed by atoms with Crippen LogP contribution in [0, 0.1) is 0 Å². The average molecular weight is 723 g/mol. The largest absolute Gasteiger partial charge is 0.0616 e. The third-order valence-electron chi connectivity index (χ3n) is 13.0. The van der Waals surface area contributed by atoms with E-state index in [0.29, 0.717) is 0 Å². The van der Waals surface area contributed by atoms with Gasteiger partial charge in [0.05, 0.1) is 0 Å². The molecule has 0 aromatic heterocycles. The molecule has 0 aliphatic heterocycles. The van der Waals surface area contributed by atoms with Crippen LogP contribution >= 0.6 is 0 Å². The molecule has 0 radical (unpaired) electrons. The van der Waals surface area contributed by atoms with Crippen molar-refractivity contribution in [2.75, 3.05) is 0 Å². The first-order valence-corrected chi connectivity index (χ1v) is 20.1. The molecule has 266 valence electrons. The maximum Gasteiger partial charge on any atom is 0.0165 e. The standard InChI is InChI=1S/C57H38/c1-57(2)51-34-50(42-22-6-8-23-43(42)54(51)55-44-24-9-5-20-40(44)41-21-7-14-29-49(41)56(55)57)53-47-27-12-10-25-45(47)52(46-26-11-13-28-48(46)53)39-19-15-18-37(33-39)38-31-30-35-16-3-4-17-36(35)32-38/h3-34H,1-2H3. The van der Waals surface area contributed by atoms with E-state index in [1.807, 2.05) is 0 Å². The second-order valence-electron chi connectivity index (χ2n) is 16.3. The highest BCUT2D eigenvalue weighted by Crippen LogP contribution is 2.58. The predicted molar refractivity (Wildman–Crippen MR) is 245 cm³/mol. The number of fused-ring (bicyclic) bond motifs is 13. The van der Waals surface area contributed by atoms with Crippen LogP contribution in [0.1, 0.15) is 25.0 Å². The zero-order valence-electron chi connectivity index (χ0n) is 32.0. The Hall–Kier alpha value is -7.02. The van der Waals surface area contributed by atoms with E-state index in [4.69, 9.17) is 0 Å². The molecule has 0 heteroatoms. The topological polar surface area (TPSA) is 0 Å². The van der Waals surface area contributed by atoms with E-state index >= 15 is 0 Å². The number of hydrogen-bond acceptors (Lipinski definition) is 0. The second kappa shape index (κ2) is 12.0. The Labute approximate surface area is 332 Å². The average Bonchev–Trinajstić information content (AvgIpc) is 3.51. The molecule has 57 heavy (non-hydrogen) atoms. The van der Waals surface area contributed by atoms with E-state index in [-0.39, 0.29) is 5.41 Å². The van der Waals surface area contributed by atoms with Crippen LogP contribution in [0.5, 0.6) is 0 Å². The molecule has 12 rings (SSSR count). The fourth-order valence-corrected chi connectivity index (χ4v) is 10.5. The van der Waals surface area contributed by atoms with Crippen LogP contribution in [-0.2, 0) is 5.41 Å². The summed E-state index contributed by atoms with van der Waals surface area (Å²) >= 11 is 0. The molecule has 0 unspecified atom stereocenters. The lowest BCUT2D eigenvalue weighted by Gasteiger charge is -2.25. The van der Waals surface area contributed by atoms with Crippen LogP contribution in [0.4, 0.5) is 0 Å². The van der Waals surface area contributed by atoms with Gasteiger partial charge in [-0.3, -0.25) is 0 Å². The summed E-state index contributed by atoms with van der Waals surface area (Å²) in [4.78, 5) is 0. The fraction of sp³-hybridized carbons (Fsp3) is 0.0526. The van der Waals surface area contributed by atoms with Crippen LogP contribution in [0.3, 0.4) is 0 Å². The molecule has 1 aliphatic carbocycles. The molecule has 1 aliphatic rings. The van der Waals surface area contributed by atoms with Crippen molar-refractivity contribution in [2.24, 2.45) is 0 Å². The van der Waals surface area contributed by atoms with Crippen molar-refractivity contribution < 1.29 is 0 Å². The summed E-state index contributed by atoms with van der Waals surface area (Å²) in [7, 11) is 0. The van der Waals surface area contributed by atoms with Crippen molar-refractivity contribution in [1.29, 1.82) is 0 Å². The van der Waals surface area contributed by atoms with Gasteiger partial charge in [0.1, 0.15) is 0 Å². The van der Waals surface area contributed by atoms with Gasteiger partial charge in [0.25, 0.3) is 0 Å². The molecular weight excluding hydrogens is 685 g/mol. The first kappa shape index (κ1) is 32.2. The SMILES string of the molecule is CC1(C)c2cc(-c3c4ccccc4c(-c4cccc(-c5ccc6ccccc6c5)c4)c4ccccc34)c3ccccc3c2-c2c1c1ccccc1c1ccccc21. The van der Waals surface area contributed by atoms with Crippen molar-refractivity contribution >= 4 is 64.6 Å². The van der Waals surface area contributed by atoms with E-state index in [0.717, 1.165) is 0 Å². The van der Waals surface area contributed by atoms with Gasteiger partial charge >= 0.3 is 0 Å². The third-order valence-corrected chi connectivity index (χ3v) is 13.0. The lowest BCUT2D eigenvalue weighted by atomic mass is 9.77. The highest BCUT2D eigenvalue weighted by Gasteiger charge is 2.40. The fourth-order valence-electron chi connectivity index (χ4n) is 10.5. The summed E-state index contributed by atoms with van der Waals surface area (Å²) < 4.78 is 0. The molecule has 0 saturated carbocycles. The van der Waals surface area contributed by atoms with Gasteiger partial charge in [-0.25, -0.2) is 0 Å². The lowest BCUT2D eigenvalue weighted by Crippen LogP contribution is -2.16. The van der Waals surface area contributed by atoms with Crippen LogP contribution in [-0.4, -0.2) is 0 Å². The first-order chi connectivity index (χ1) is 28.1. The molecule has 0 bridgehead atoms. The molecule has 11 aromatic carbocycles. The van der Waals surface area contributed by atoms with Crippen molar-refractivity contribution in [3.8, 4) is 44.5 Å². The van der Waals surface area contributed by atoms with Gasteiger partial charge in [-0.1, -0.05) is 190 Å². The quantitative estimate of drug-likeness (QED) is 0.126. The molecule has 0 atom stereocenters. The van der Waals surface area contributed by atoms with Gasteiger partial charge in [-0.15, -0.1) is 0 Å². The van der Waals surface area contributed by atoms with Crippen molar-refractivity contribution in [3.05, 3.63) is 205 Å². The van der Waals surface area contributed by atoms with Crippen LogP contribution in [0.15, 0.2) is 194 Å². The maximum atomic E-state index is 2.56. The maximum absolute atomic E-state index is 2.56. The molecule has 0 heterocycles. The second-order valence-corrected chi connectivity index (χ2v) is 16.3. The molecule has 0 fully saturated rings.